The molecule has 0 aliphatic carbocycles. The summed E-state index contributed by atoms with van der Waals surface area (Å²) in [6.45, 7) is 2.00. The summed E-state index contributed by atoms with van der Waals surface area (Å²) in [4.78, 5) is 27.4. The molecule has 0 aromatic heterocycles. The molecule has 3 saturated heterocycles. The van der Waals surface area contributed by atoms with Gasteiger partial charge in [-0.05, 0) is 18.6 Å². The molecule has 0 spiro atoms. The number of benzene rings is 1. The number of ether oxygens (including phenoxy) is 2. The zero-order chi connectivity index (χ0) is 15.7. The average molecular weight is 311 g/mol. The highest BCUT2D eigenvalue weighted by atomic mass is 16.7. The molecule has 5 heteroatoms. The minimum Gasteiger partial charge on any atom is -0.353 e. The number of hydrogen-bond acceptors (Lipinski definition) is 5. The van der Waals surface area contributed by atoms with E-state index in [9.17, 15) is 9.59 Å². The van der Waals surface area contributed by atoms with Crippen LogP contribution in [0.4, 0.5) is 5.69 Å². The van der Waals surface area contributed by atoms with E-state index >= 15 is 0 Å². The number of Topliss-reactive ketones (excluding diaryl/α,β-unsaturated/α-hetero) is 2. The van der Waals surface area contributed by atoms with Crippen molar-refractivity contribution < 1.29 is 19.1 Å². The summed E-state index contributed by atoms with van der Waals surface area (Å²) >= 11 is 0. The first-order valence-electron chi connectivity index (χ1n) is 8.03. The van der Waals surface area contributed by atoms with Crippen LogP contribution in [0.2, 0.25) is 0 Å². The van der Waals surface area contributed by atoms with Crippen molar-refractivity contribution in [3.8, 4) is 0 Å². The van der Waals surface area contributed by atoms with Gasteiger partial charge in [-0.15, -0.1) is 0 Å². The van der Waals surface area contributed by atoms with Crippen molar-refractivity contribution >= 4 is 23.3 Å². The van der Waals surface area contributed by atoms with Crippen LogP contribution in [-0.2, 0) is 19.1 Å². The van der Waals surface area contributed by atoms with Crippen molar-refractivity contribution in [3.05, 3.63) is 35.9 Å². The maximum Gasteiger partial charge on any atom is 0.218 e. The Morgan fingerprint density at radius 3 is 2.96 bits per heavy atom. The molecule has 0 radical (unpaired) electrons. The quantitative estimate of drug-likeness (QED) is 0.785. The fraction of sp³-hybridized carbons (Fsp3) is 0.444. The first-order valence-corrected chi connectivity index (χ1v) is 8.03. The standard InChI is InChI=1S/C18H17NO4/c1-9(20)16-15-13-8-22-18(23-13)17(21)14(15)12-7-6-10-4-2-3-5-11(10)19(12)16/h2-7,12-16,18H,8H2,1H3/t12-,13-,14-,15+,16+,18-/m0/s1. The Hall–Kier alpha value is -1.98. The maximum atomic E-state index is 12.8. The van der Waals surface area contributed by atoms with Crippen LogP contribution in [-0.4, -0.2) is 42.7 Å². The summed E-state index contributed by atoms with van der Waals surface area (Å²) in [5.74, 6) is -0.319. The predicted molar refractivity (Wildman–Crippen MR) is 82.8 cm³/mol. The van der Waals surface area contributed by atoms with E-state index in [2.05, 4.69) is 17.1 Å². The number of hydrogen-bond donors (Lipinski definition) is 0. The number of rotatable bonds is 1. The van der Waals surface area contributed by atoms with Crippen molar-refractivity contribution in [2.75, 3.05) is 11.5 Å². The Bertz CT molecular complexity index is 742. The van der Waals surface area contributed by atoms with Gasteiger partial charge in [0.1, 0.15) is 0 Å². The number of fused-ring (bicyclic) bond motifs is 8. The van der Waals surface area contributed by atoms with Gasteiger partial charge in [-0.2, -0.15) is 0 Å². The monoisotopic (exact) mass is 311 g/mol. The van der Waals surface area contributed by atoms with Crippen molar-refractivity contribution in [3.63, 3.8) is 0 Å². The van der Waals surface area contributed by atoms with Gasteiger partial charge in [0, 0.05) is 11.6 Å². The third-order valence-corrected chi connectivity index (χ3v) is 5.57. The van der Waals surface area contributed by atoms with Crippen LogP contribution in [0.5, 0.6) is 0 Å². The molecule has 4 heterocycles. The number of ketones is 2. The molecule has 5 nitrogen and oxygen atoms in total. The number of anilines is 1. The van der Waals surface area contributed by atoms with Crippen LogP contribution in [0.3, 0.4) is 0 Å². The van der Waals surface area contributed by atoms with Crippen molar-refractivity contribution in [1.82, 2.24) is 0 Å². The predicted octanol–water partition coefficient (Wildman–Crippen LogP) is 1.42. The summed E-state index contributed by atoms with van der Waals surface area (Å²) in [7, 11) is 0. The molecule has 5 rings (SSSR count). The van der Waals surface area contributed by atoms with E-state index in [1.54, 1.807) is 6.92 Å². The fourth-order valence-corrected chi connectivity index (χ4v) is 4.74. The molecule has 0 unspecified atom stereocenters. The van der Waals surface area contributed by atoms with Crippen LogP contribution in [0.15, 0.2) is 30.3 Å². The van der Waals surface area contributed by atoms with Crippen LogP contribution >= 0.6 is 0 Å². The number of carbonyl (C=O) groups is 2. The Kier molecular flexibility index (Phi) is 2.65. The molecule has 0 amide bonds. The highest BCUT2D eigenvalue weighted by Gasteiger charge is 2.62. The lowest BCUT2D eigenvalue weighted by Crippen LogP contribution is -2.48. The van der Waals surface area contributed by atoms with Crippen molar-refractivity contribution in [1.29, 1.82) is 0 Å². The average Bonchev–Trinajstić information content (AvgIpc) is 3.13. The van der Waals surface area contributed by atoms with Gasteiger partial charge in [-0.1, -0.05) is 30.4 Å². The second-order valence-corrected chi connectivity index (χ2v) is 6.72. The number of carbonyl (C=O) groups excluding carboxylic acids is 2. The minimum atomic E-state index is -0.751. The van der Waals surface area contributed by atoms with E-state index in [0.717, 1.165) is 11.3 Å². The van der Waals surface area contributed by atoms with E-state index in [-0.39, 0.29) is 41.6 Å². The zero-order valence-corrected chi connectivity index (χ0v) is 12.7. The second-order valence-electron chi connectivity index (χ2n) is 6.72. The minimum absolute atomic E-state index is 0.0217. The summed E-state index contributed by atoms with van der Waals surface area (Å²) in [5.41, 5.74) is 2.11. The summed E-state index contributed by atoms with van der Waals surface area (Å²) < 4.78 is 11.2. The zero-order valence-electron chi connectivity index (χ0n) is 12.7. The molecule has 3 fully saturated rings. The summed E-state index contributed by atoms with van der Waals surface area (Å²) in [6.07, 6.45) is 3.19. The van der Waals surface area contributed by atoms with Gasteiger partial charge < -0.3 is 14.4 Å². The molecule has 2 bridgehead atoms. The summed E-state index contributed by atoms with van der Waals surface area (Å²) in [5, 5.41) is 0. The molecular formula is C18H17NO4. The molecule has 118 valence electrons. The molecule has 4 aliphatic rings. The third-order valence-electron chi connectivity index (χ3n) is 5.57. The SMILES string of the molecule is CC(=O)[C@@H]1[C@H]2[C@@H](C(=O)[C@H]3OC[C@@H]2O3)[C@@H]2C=Cc3ccccc3N12. The smallest absolute Gasteiger partial charge is 0.218 e. The van der Waals surface area contributed by atoms with E-state index in [4.69, 9.17) is 9.47 Å². The van der Waals surface area contributed by atoms with Gasteiger partial charge in [0.25, 0.3) is 0 Å². The lowest BCUT2D eigenvalue weighted by molar-refractivity contribution is -0.164. The van der Waals surface area contributed by atoms with Gasteiger partial charge in [0.15, 0.2) is 11.6 Å². The van der Waals surface area contributed by atoms with Crippen LogP contribution < -0.4 is 4.90 Å². The van der Waals surface area contributed by atoms with E-state index in [1.165, 1.54) is 0 Å². The van der Waals surface area contributed by atoms with Gasteiger partial charge in [-0.25, -0.2) is 0 Å². The first kappa shape index (κ1) is 13.5. The molecule has 0 N–H and O–H groups in total. The number of nitrogens with zero attached hydrogens (tertiary/aromatic N) is 1. The van der Waals surface area contributed by atoms with Crippen LogP contribution in [0.1, 0.15) is 12.5 Å². The van der Waals surface area contributed by atoms with E-state index < -0.39 is 6.29 Å². The molecular weight excluding hydrogens is 294 g/mol. The Balaban J connectivity index is 1.69. The van der Waals surface area contributed by atoms with Gasteiger partial charge >= 0.3 is 0 Å². The topological polar surface area (TPSA) is 55.8 Å². The largest absolute Gasteiger partial charge is 0.353 e. The Labute approximate surface area is 133 Å². The number of para-hydroxylation sites is 1. The van der Waals surface area contributed by atoms with Crippen LogP contribution in [0.25, 0.3) is 6.08 Å². The van der Waals surface area contributed by atoms with E-state index in [0.29, 0.717) is 6.61 Å². The van der Waals surface area contributed by atoms with Crippen molar-refractivity contribution in [2.24, 2.45) is 11.8 Å². The normalized spacial score (nSPS) is 39.9. The second kappa shape index (κ2) is 4.52. The van der Waals surface area contributed by atoms with E-state index in [1.807, 2.05) is 24.3 Å². The molecule has 0 saturated carbocycles. The van der Waals surface area contributed by atoms with Crippen molar-refractivity contribution in [2.45, 2.75) is 31.4 Å². The Morgan fingerprint density at radius 1 is 1.30 bits per heavy atom. The lowest BCUT2D eigenvalue weighted by Gasteiger charge is -2.35. The lowest BCUT2D eigenvalue weighted by atomic mass is 9.78. The molecule has 1 aromatic rings. The third kappa shape index (κ3) is 1.64. The molecule has 4 aliphatic heterocycles. The summed E-state index contributed by atoms with van der Waals surface area (Å²) in [6, 6.07) is 7.59. The maximum absolute atomic E-state index is 12.8. The first-order chi connectivity index (χ1) is 11.2. The molecule has 23 heavy (non-hydrogen) atoms. The van der Waals surface area contributed by atoms with Gasteiger partial charge in [0.05, 0.1) is 30.7 Å². The highest BCUT2D eigenvalue weighted by molar-refractivity contribution is 5.95. The van der Waals surface area contributed by atoms with Crippen LogP contribution in [0, 0.1) is 11.8 Å². The molecule has 6 atom stereocenters. The Morgan fingerprint density at radius 2 is 2.13 bits per heavy atom. The highest BCUT2D eigenvalue weighted by Crippen LogP contribution is 2.50. The fourth-order valence-electron chi connectivity index (χ4n) is 4.74. The van der Waals surface area contributed by atoms with Gasteiger partial charge in [-0.3, -0.25) is 9.59 Å². The van der Waals surface area contributed by atoms with Gasteiger partial charge in [0.2, 0.25) is 6.29 Å². The molecule has 1 aromatic carbocycles.